The van der Waals surface area contributed by atoms with Crippen LogP contribution in [0.3, 0.4) is 0 Å². The third kappa shape index (κ3) is 4.70. The first-order chi connectivity index (χ1) is 13.5. The number of benzene rings is 1. The summed E-state index contributed by atoms with van der Waals surface area (Å²) in [6.07, 6.45) is 5.69. The average Bonchev–Trinajstić information content (AvgIpc) is 2.71. The number of piperidine rings is 1. The lowest BCUT2D eigenvalue weighted by atomic mass is 10.0. The van der Waals surface area contributed by atoms with Crippen molar-refractivity contribution in [2.75, 3.05) is 33.0 Å². The van der Waals surface area contributed by atoms with Crippen molar-refractivity contribution in [2.24, 2.45) is 0 Å². The first kappa shape index (κ1) is 20.3. The average molecular weight is 406 g/mol. The molecule has 8 nitrogen and oxygen atoms in total. The van der Waals surface area contributed by atoms with Crippen LogP contribution < -0.4 is 15.8 Å². The van der Waals surface area contributed by atoms with Crippen molar-refractivity contribution >= 4 is 23.2 Å². The maximum Gasteiger partial charge on any atom is 0.255 e. The highest BCUT2D eigenvalue weighted by Crippen LogP contribution is 2.29. The van der Waals surface area contributed by atoms with E-state index in [0.29, 0.717) is 35.1 Å². The molecule has 3 N–H and O–H groups in total. The van der Waals surface area contributed by atoms with E-state index in [1.54, 1.807) is 31.8 Å². The Balaban J connectivity index is 1.66. The summed E-state index contributed by atoms with van der Waals surface area (Å²) in [4.78, 5) is 23.5. The second-order valence-electron chi connectivity index (χ2n) is 6.65. The van der Waals surface area contributed by atoms with Crippen molar-refractivity contribution in [1.82, 2.24) is 20.2 Å². The summed E-state index contributed by atoms with van der Waals surface area (Å²) >= 11 is 6.08. The van der Waals surface area contributed by atoms with Crippen LogP contribution in [0, 0.1) is 0 Å². The zero-order chi connectivity index (χ0) is 20.1. The highest BCUT2D eigenvalue weighted by Gasteiger charge is 2.31. The Morgan fingerprint density at radius 1 is 1.39 bits per heavy atom. The Morgan fingerprint density at radius 3 is 2.89 bits per heavy atom. The van der Waals surface area contributed by atoms with Crippen molar-refractivity contribution in [1.29, 1.82) is 0 Å². The summed E-state index contributed by atoms with van der Waals surface area (Å²) in [7, 11) is 3.14. The van der Waals surface area contributed by atoms with Gasteiger partial charge in [0.1, 0.15) is 5.75 Å². The van der Waals surface area contributed by atoms with Gasteiger partial charge in [-0.25, -0.2) is 0 Å². The molecule has 9 heteroatoms. The number of likely N-dealkylation sites (tertiary alicyclic amines) is 1. The number of methoxy groups -OCH3 is 2. The van der Waals surface area contributed by atoms with Crippen LogP contribution >= 0.6 is 11.6 Å². The minimum atomic E-state index is -0.270. The number of nitrogens with two attached hydrogens (primary N) is 1. The fraction of sp³-hybridized carbons (Fsp3) is 0.421. The van der Waals surface area contributed by atoms with Gasteiger partial charge < -0.3 is 20.5 Å². The fourth-order valence-electron chi connectivity index (χ4n) is 3.33. The number of amides is 1. The molecule has 150 valence electrons. The Kier molecular flexibility index (Phi) is 6.66. The van der Waals surface area contributed by atoms with Crippen LogP contribution in [0.2, 0.25) is 5.02 Å². The number of halogens is 1. The van der Waals surface area contributed by atoms with Crippen LogP contribution in [0.25, 0.3) is 0 Å². The molecule has 1 amide bonds. The second kappa shape index (κ2) is 9.18. The number of carbonyl (C=O) groups is 1. The third-order valence-electron chi connectivity index (χ3n) is 4.83. The van der Waals surface area contributed by atoms with Gasteiger partial charge in [0.2, 0.25) is 0 Å². The van der Waals surface area contributed by atoms with Crippen LogP contribution in [0.15, 0.2) is 30.7 Å². The third-order valence-corrected chi connectivity index (χ3v) is 5.16. The molecular weight excluding hydrogens is 382 g/mol. The van der Waals surface area contributed by atoms with E-state index in [2.05, 4.69) is 20.2 Å². The van der Waals surface area contributed by atoms with E-state index < -0.39 is 0 Å². The normalized spacial score (nSPS) is 20.0. The van der Waals surface area contributed by atoms with Crippen LogP contribution in [-0.2, 0) is 11.3 Å². The molecule has 3 rings (SSSR count). The molecule has 1 aliphatic rings. The zero-order valence-corrected chi connectivity index (χ0v) is 16.6. The minimum absolute atomic E-state index is 0.128. The summed E-state index contributed by atoms with van der Waals surface area (Å²) < 4.78 is 10.9. The van der Waals surface area contributed by atoms with Crippen LogP contribution in [-0.4, -0.2) is 60.2 Å². The SMILES string of the molecule is COc1cc(N)c(Cl)cc1C(=O)N[C@H]1CCN(Cc2cnccn2)C[C@H]1OC. The van der Waals surface area contributed by atoms with Crippen LogP contribution in [0.4, 0.5) is 5.69 Å². The molecule has 0 spiro atoms. The van der Waals surface area contributed by atoms with Crippen LogP contribution in [0.5, 0.6) is 5.75 Å². The fourth-order valence-corrected chi connectivity index (χ4v) is 3.49. The van der Waals surface area contributed by atoms with E-state index in [9.17, 15) is 4.79 Å². The van der Waals surface area contributed by atoms with Gasteiger partial charge in [-0.05, 0) is 12.5 Å². The van der Waals surface area contributed by atoms with Crippen molar-refractivity contribution < 1.29 is 14.3 Å². The minimum Gasteiger partial charge on any atom is -0.496 e. The van der Waals surface area contributed by atoms with E-state index in [4.69, 9.17) is 26.8 Å². The van der Waals surface area contributed by atoms with Gasteiger partial charge >= 0.3 is 0 Å². The number of ether oxygens (including phenoxy) is 2. The summed E-state index contributed by atoms with van der Waals surface area (Å²) in [5, 5.41) is 3.36. The lowest BCUT2D eigenvalue weighted by Gasteiger charge is -2.38. The van der Waals surface area contributed by atoms with Crippen LogP contribution in [0.1, 0.15) is 22.5 Å². The first-order valence-corrected chi connectivity index (χ1v) is 9.33. The molecule has 0 unspecified atom stereocenters. The summed E-state index contributed by atoms with van der Waals surface area (Å²) in [5.74, 6) is 0.113. The Bertz CT molecular complexity index is 821. The van der Waals surface area contributed by atoms with Gasteiger partial charge in [-0.1, -0.05) is 11.6 Å². The molecule has 2 aromatic rings. The molecule has 1 aromatic carbocycles. The molecule has 1 fully saturated rings. The number of nitrogen functional groups attached to an aromatic ring is 1. The maximum atomic E-state index is 12.8. The number of aromatic nitrogens is 2. The van der Waals surface area contributed by atoms with E-state index in [-0.39, 0.29) is 18.1 Å². The molecule has 1 saturated heterocycles. The second-order valence-corrected chi connectivity index (χ2v) is 7.06. The van der Waals surface area contributed by atoms with Crippen molar-refractivity contribution in [3.05, 3.63) is 47.0 Å². The predicted molar refractivity (Wildman–Crippen MR) is 106 cm³/mol. The first-order valence-electron chi connectivity index (χ1n) is 8.95. The van der Waals surface area contributed by atoms with E-state index in [1.807, 2.05) is 0 Å². The molecule has 0 aliphatic carbocycles. The lowest BCUT2D eigenvalue weighted by Crippen LogP contribution is -2.54. The standard InChI is InChI=1S/C19H24ClN5O3/c1-27-17-8-15(21)14(20)7-13(17)19(26)24-16-3-6-25(11-18(16)28-2)10-12-9-22-4-5-23-12/h4-5,7-9,16,18H,3,6,10-11,21H2,1-2H3,(H,24,26)/t16-,18+/m0/s1. The van der Waals surface area contributed by atoms with Gasteiger partial charge in [-0.15, -0.1) is 0 Å². The van der Waals surface area contributed by atoms with E-state index in [1.165, 1.54) is 13.2 Å². The number of nitrogens with zero attached hydrogens (tertiary/aromatic N) is 3. The molecule has 2 heterocycles. The molecule has 28 heavy (non-hydrogen) atoms. The van der Waals surface area contributed by atoms with Crippen molar-refractivity contribution in [3.63, 3.8) is 0 Å². The number of hydrogen-bond donors (Lipinski definition) is 2. The Hall–Kier alpha value is -2.42. The van der Waals surface area contributed by atoms with Gasteiger partial charge in [0.15, 0.2) is 0 Å². The molecule has 0 saturated carbocycles. The van der Waals surface area contributed by atoms with Crippen molar-refractivity contribution in [2.45, 2.75) is 25.1 Å². The number of hydrogen-bond acceptors (Lipinski definition) is 7. The molecule has 0 bridgehead atoms. The maximum absolute atomic E-state index is 12.8. The van der Waals surface area contributed by atoms with Gasteiger partial charge in [0.25, 0.3) is 5.91 Å². The van der Waals surface area contributed by atoms with Gasteiger partial charge in [0.05, 0.1) is 41.2 Å². The number of carbonyl (C=O) groups excluding carboxylic acids is 1. The van der Waals surface area contributed by atoms with Crippen molar-refractivity contribution in [3.8, 4) is 5.75 Å². The monoisotopic (exact) mass is 405 g/mol. The predicted octanol–water partition coefficient (Wildman–Crippen LogP) is 1.74. The summed E-state index contributed by atoms with van der Waals surface area (Å²) in [6, 6.07) is 2.95. The van der Waals surface area contributed by atoms with Gasteiger partial charge in [-0.3, -0.25) is 19.7 Å². The number of anilines is 1. The smallest absolute Gasteiger partial charge is 0.255 e. The zero-order valence-electron chi connectivity index (χ0n) is 15.9. The Labute approximate surface area is 169 Å². The molecule has 1 aliphatic heterocycles. The molecule has 0 radical (unpaired) electrons. The number of rotatable bonds is 6. The molecule has 1 aromatic heterocycles. The van der Waals surface area contributed by atoms with Gasteiger partial charge in [-0.2, -0.15) is 0 Å². The molecule has 2 atom stereocenters. The largest absolute Gasteiger partial charge is 0.496 e. The topological polar surface area (TPSA) is 103 Å². The summed E-state index contributed by atoms with van der Waals surface area (Å²) in [5.41, 5.74) is 7.41. The molecular formula is C19H24ClN5O3. The lowest BCUT2D eigenvalue weighted by molar-refractivity contribution is 0.00350. The highest BCUT2D eigenvalue weighted by atomic mass is 35.5. The van der Waals surface area contributed by atoms with Gasteiger partial charge in [0, 0.05) is 51.4 Å². The summed E-state index contributed by atoms with van der Waals surface area (Å²) in [6.45, 7) is 2.18. The Morgan fingerprint density at radius 2 is 2.21 bits per heavy atom. The van der Waals surface area contributed by atoms with E-state index >= 15 is 0 Å². The quantitative estimate of drug-likeness (QED) is 0.705. The van der Waals surface area contributed by atoms with E-state index in [0.717, 1.165) is 18.7 Å². The number of nitrogens with one attached hydrogen (secondary N) is 1. The highest BCUT2D eigenvalue weighted by molar-refractivity contribution is 6.33.